The highest BCUT2D eigenvalue weighted by molar-refractivity contribution is 7.18. The number of hydrogen-bond donors (Lipinski definition) is 1. The van der Waals surface area contributed by atoms with Crippen LogP contribution in [-0.2, 0) is 25.8 Å². The van der Waals surface area contributed by atoms with Crippen molar-refractivity contribution in [2.24, 2.45) is 0 Å². The predicted octanol–water partition coefficient (Wildman–Crippen LogP) is 2.68. The van der Waals surface area contributed by atoms with Crippen LogP contribution in [-0.4, -0.2) is 34.4 Å². The van der Waals surface area contributed by atoms with Crippen molar-refractivity contribution < 1.29 is 9.53 Å². The molecule has 1 N–H and O–H groups in total. The lowest BCUT2D eigenvalue weighted by molar-refractivity contribution is 0.0722. The molecule has 0 bridgehead atoms. The molecule has 0 fully saturated rings. The number of aromatic amines is 1. The molecule has 1 aliphatic carbocycles. The number of thiophene rings is 1. The molecule has 27 heavy (non-hydrogen) atoms. The molecule has 1 aliphatic heterocycles. The van der Waals surface area contributed by atoms with Crippen molar-refractivity contribution in [2.45, 2.75) is 32.2 Å². The summed E-state index contributed by atoms with van der Waals surface area (Å²) in [6, 6.07) is 5.93. The van der Waals surface area contributed by atoms with E-state index in [0.717, 1.165) is 42.6 Å². The number of ether oxygens (including phenoxy) is 1. The van der Waals surface area contributed by atoms with Gasteiger partial charge in [0.05, 0.1) is 12.5 Å². The molecule has 0 saturated carbocycles. The van der Waals surface area contributed by atoms with Crippen LogP contribution in [0, 0.1) is 0 Å². The van der Waals surface area contributed by atoms with E-state index in [0.29, 0.717) is 23.3 Å². The molecule has 3 aromatic rings. The number of aryl methyl sites for hydroxylation is 2. The van der Waals surface area contributed by atoms with E-state index in [1.54, 1.807) is 23.3 Å². The van der Waals surface area contributed by atoms with Crippen molar-refractivity contribution in [3.8, 4) is 5.75 Å². The second kappa shape index (κ2) is 6.20. The van der Waals surface area contributed by atoms with Gasteiger partial charge >= 0.3 is 0 Å². The Morgan fingerprint density at radius 3 is 3.00 bits per heavy atom. The lowest BCUT2D eigenvalue weighted by Gasteiger charge is -2.28. The van der Waals surface area contributed by atoms with Gasteiger partial charge in [-0.15, -0.1) is 11.3 Å². The number of rotatable bonds is 2. The van der Waals surface area contributed by atoms with Crippen LogP contribution in [0.1, 0.15) is 38.6 Å². The zero-order valence-electron chi connectivity index (χ0n) is 15.0. The largest absolute Gasteiger partial charge is 0.497 e. The van der Waals surface area contributed by atoms with Gasteiger partial charge in [-0.2, -0.15) is 0 Å². The van der Waals surface area contributed by atoms with Crippen LogP contribution in [0.2, 0.25) is 0 Å². The molecule has 3 heterocycles. The number of benzene rings is 1. The summed E-state index contributed by atoms with van der Waals surface area (Å²) in [5.41, 5.74) is 3.24. The Morgan fingerprint density at radius 1 is 1.26 bits per heavy atom. The Balaban J connectivity index is 1.46. The smallest absolute Gasteiger partial charge is 0.290 e. The number of nitrogens with zero attached hydrogens (tertiary/aromatic N) is 2. The fourth-order valence-corrected chi connectivity index (χ4v) is 5.35. The topological polar surface area (TPSA) is 75.3 Å². The van der Waals surface area contributed by atoms with Gasteiger partial charge in [0.2, 0.25) is 5.82 Å². The van der Waals surface area contributed by atoms with E-state index in [1.165, 1.54) is 10.4 Å². The Hall–Kier alpha value is -2.67. The van der Waals surface area contributed by atoms with Crippen LogP contribution in [0.4, 0.5) is 0 Å². The number of amides is 1. The summed E-state index contributed by atoms with van der Waals surface area (Å²) in [6.07, 6.45) is 3.79. The molecule has 0 spiro atoms. The second-order valence-corrected chi connectivity index (χ2v) is 8.15. The van der Waals surface area contributed by atoms with Crippen molar-refractivity contribution in [1.29, 1.82) is 0 Å². The lowest BCUT2D eigenvalue weighted by Crippen LogP contribution is -2.37. The van der Waals surface area contributed by atoms with E-state index in [9.17, 15) is 9.59 Å². The van der Waals surface area contributed by atoms with Crippen LogP contribution in [0.3, 0.4) is 0 Å². The number of aromatic nitrogens is 2. The van der Waals surface area contributed by atoms with E-state index in [2.05, 4.69) is 9.97 Å². The maximum atomic E-state index is 13.0. The minimum atomic E-state index is -0.218. The number of fused-ring (bicyclic) bond motifs is 4. The van der Waals surface area contributed by atoms with E-state index in [1.807, 2.05) is 18.2 Å². The predicted molar refractivity (Wildman–Crippen MR) is 104 cm³/mol. The third-order valence-corrected chi connectivity index (χ3v) is 6.68. The molecule has 0 unspecified atom stereocenters. The summed E-state index contributed by atoms with van der Waals surface area (Å²) in [6.45, 7) is 1.11. The number of hydrogen-bond acceptors (Lipinski definition) is 5. The molecule has 7 heteroatoms. The molecule has 1 aromatic carbocycles. The maximum Gasteiger partial charge on any atom is 0.290 e. The van der Waals surface area contributed by atoms with Gasteiger partial charge in [-0.1, -0.05) is 6.07 Å². The van der Waals surface area contributed by atoms with Crippen molar-refractivity contribution >= 4 is 27.5 Å². The average Bonchev–Trinajstić information content (AvgIpc) is 3.27. The Kier molecular flexibility index (Phi) is 3.79. The molecule has 2 aliphatic rings. The highest BCUT2D eigenvalue weighted by atomic mass is 32.1. The van der Waals surface area contributed by atoms with Gasteiger partial charge in [0.1, 0.15) is 10.6 Å². The summed E-state index contributed by atoms with van der Waals surface area (Å²) >= 11 is 1.56. The first-order chi connectivity index (χ1) is 13.1. The van der Waals surface area contributed by atoms with Gasteiger partial charge in [-0.3, -0.25) is 9.59 Å². The number of H-pyrrole nitrogens is 1. The van der Waals surface area contributed by atoms with Gasteiger partial charge in [-0.25, -0.2) is 4.98 Å². The number of carbonyl (C=O) groups excluding carboxylic acids is 1. The van der Waals surface area contributed by atoms with Crippen LogP contribution in [0.25, 0.3) is 10.2 Å². The summed E-state index contributed by atoms with van der Waals surface area (Å²) < 4.78 is 5.27. The molecule has 2 aromatic heterocycles. The molecule has 5 rings (SSSR count). The minimum Gasteiger partial charge on any atom is -0.497 e. The third-order valence-electron chi connectivity index (χ3n) is 5.49. The van der Waals surface area contributed by atoms with Gasteiger partial charge in [0, 0.05) is 18.0 Å². The summed E-state index contributed by atoms with van der Waals surface area (Å²) in [5.74, 6) is 0.754. The van der Waals surface area contributed by atoms with Crippen LogP contribution >= 0.6 is 11.3 Å². The van der Waals surface area contributed by atoms with E-state index in [-0.39, 0.29) is 17.3 Å². The Bertz CT molecular complexity index is 1130. The molecule has 6 nitrogen and oxygen atoms in total. The van der Waals surface area contributed by atoms with Gasteiger partial charge in [0.15, 0.2) is 0 Å². The standard InChI is InChI=1S/C20H19N3O3S/c1-26-13-6-5-12-10-23(8-7-11(12)9-13)20(25)17-21-18(24)16-14-3-2-4-15(14)27-19(16)22-17/h5-6,9H,2-4,7-8,10H2,1H3,(H,21,22,24). The molecule has 0 atom stereocenters. The third kappa shape index (κ3) is 2.65. The molecular weight excluding hydrogens is 362 g/mol. The fourth-order valence-electron chi connectivity index (χ4n) is 4.08. The van der Waals surface area contributed by atoms with E-state index >= 15 is 0 Å². The molecule has 0 radical (unpaired) electrons. The number of methoxy groups -OCH3 is 1. The Labute approximate surface area is 159 Å². The highest BCUT2D eigenvalue weighted by Gasteiger charge is 2.26. The first-order valence-corrected chi connectivity index (χ1v) is 9.95. The average molecular weight is 381 g/mol. The summed E-state index contributed by atoms with van der Waals surface area (Å²) in [5, 5.41) is 0.681. The highest BCUT2D eigenvalue weighted by Crippen LogP contribution is 2.34. The van der Waals surface area contributed by atoms with Gasteiger partial charge in [0.25, 0.3) is 11.5 Å². The quantitative estimate of drug-likeness (QED) is 0.741. The van der Waals surface area contributed by atoms with Crippen molar-refractivity contribution in [1.82, 2.24) is 14.9 Å². The zero-order valence-corrected chi connectivity index (χ0v) is 15.8. The van der Waals surface area contributed by atoms with Crippen LogP contribution in [0.5, 0.6) is 5.75 Å². The summed E-state index contributed by atoms with van der Waals surface area (Å²) in [4.78, 5) is 36.5. The Morgan fingerprint density at radius 2 is 2.15 bits per heavy atom. The second-order valence-electron chi connectivity index (χ2n) is 7.06. The van der Waals surface area contributed by atoms with Crippen molar-refractivity contribution in [3.05, 3.63) is 55.9 Å². The first kappa shape index (κ1) is 16.5. The first-order valence-electron chi connectivity index (χ1n) is 9.13. The zero-order chi connectivity index (χ0) is 18.5. The summed E-state index contributed by atoms with van der Waals surface area (Å²) in [7, 11) is 1.65. The van der Waals surface area contributed by atoms with Gasteiger partial charge < -0.3 is 14.6 Å². The monoisotopic (exact) mass is 381 g/mol. The lowest BCUT2D eigenvalue weighted by atomic mass is 9.99. The van der Waals surface area contributed by atoms with Crippen LogP contribution in [0.15, 0.2) is 23.0 Å². The molecule has 0 saturated heterocycles. The van der Waals surface area contributed by atoms with E-state index in [4.69, 9.17) is 4.74 Å². The molecule has 138 valence electrons. The van der Waals surface area contributed by atoms with Gasteiger partial charge in [-0.05, 0) is 54.5 Å². The number of carbonyl (C=O) groups is 1. The van der Waals surface area contributed by atoms with E-state index < -0.39 is 0 Å². The fraction of sp³-hybridized carbons (Fsp3) is 0.350. The van der Waals surface area contributed by atoms with Crippen molar-refractivity contribution in [2.75, 3.05) is 13.7 Å². The van der Waals surface area contributed by atoms with Crippen LogP contribution < -0.4 is 10.3 Å². The number of nitrogens with one attached hydrogen (secondary N) is 1. The minimum absolute atomic E-state index is 0.143. The molecule has 1 amide bonds. The van der Waals surface area contributed by atoms with Crippen molar-refractivity contribution in [3.63, 3.8) is 0 Å². The maximum absolute atomic E-state index is 13.0. The molecular formula is C20H19N3O3S. The normalized spacial score (nSPS) is 15.7. The SMILES string of the molecule is COc1ccc2c(c1)CCN(C(=O)c1nc3sc4c(c3c(=O)[nH]1)CCC4)C2.